The quantitative estimate of drug-likeness (QED) is 0.537. The van der Waals surface area contributed by atoms with Crippen LogP contribution in [0.3, 0.4) is 0 Å². The molecule has 0 aromatic carbocycles. The van der Waals surface area contributed by atoms with E-state index in [0.717, 1.165) is 5.82 Å². The molecule has 9 heavy (non-hydrogen) atoms. The predicted molar refractivity (Wildman–Crippen MR) is 31.1 cm³/mol. The van der Waals surface area contributed by atoms with Crippen LogP contribution in [-0.2, 0) is 11.3 Å². The lowest BCUT2D eigenvalue weighted by molar-refractivity contribution is 0.540. The topological polar surface area (TPSA) is 57.8 Å². The molecule has 0 fully saturated rings. The van der Waals surface area contributed by atoms with Crippen LogP contribution in [0.1, 0.15) is 5.82 Å². The molecule has 0 bridgehead atoms. The Kier molecular flexibility index (Phi) is 1.85. The summed E-state index contributed by atoms with van der Waals surface area (Å²) < 4.78 is 0. The van der Waals surface area contributed by atoms with Crippen molar-refractivity contribution in [2.24, 2.45) is 0 Å². The van der Waals surface area contributed by atoms with Gasteiger partial charge in [-0.2, -0.15) is 0 Å². The maximum Gasteiger partial charge on any atom is 0.309 e. The van der Waals surface area contributed by atoms with Crippen LogP contribution in [0.2, 0.25) is 0 Å². The standard InChI is InChI=1S/C5H6N3O/c9-4-6-3-5-7-1-2-8-5/h1-2H,3H2,(H,6,9)(H,7,8). The fourth-order valence-electron chi connectivity index (χ4n) is 0.514. The minimum absolute atomic E-state index is 0.413. The molecule has 1 aromatic heterocycles. The van der Waals surface area contributed by atoms with E-state index in [1.807, 2.05) is 0 Å². The highest BCUT2D eigenvalue weighted by Crippen LogP contribution is 1.83. The molecule has 1 amide bonds. The van der Waals surface area contributed by atoms with E-state index in [-0.39, 0.29) is 0 Å². The summed E-state index contributed by atoms with van der Waals surface area (Å²) in [4.78, 5) is 16.3. The van der Waals surface area contributed by atoms with Gasteiger partial charge in [0.1, 0.15) is 5.82 Å². The first-order valence-corrected chi connectivity index (χ1v) is 2.52. The monoisotopic (exact) mass is 124 g/mol. The van der Waals surface area contributed by atoms with E-state index in [1.165, 1.54) is 0 Å². The number of aromatic amines is 1. The van der Waals surface area contributed by atoms with Gasteiger partial charge in [-0.05, 0) is 0 Å². The van der Waals surface area contributed by atoms with Crippen molar-refractivity contribution in [3.63, 3.8) is 0 Å². The number of aromatic nitrogens is 2. The summed E-state index contributed by atoms with van der Waals surface area (Å²) in [7, 11) is 0. The van der Waals surface area contributed by atoms with Crippen LogP contribution >= 0.6 is 0 Å². The molecule has 47 valence electrons. The Hall–Kier alpha value is -1.32. The summed E-state index contributed by atoms with van der Waals surface area (Å²) in [6.45, 7) is 0.413. The zero-order chi connectivity index (χ0) is 6.53. The van der Waals surface area contributed by atoms with E-state index in [9.17, 15) is 4.79 Å². The van der Waals surface area contributed by atoms with Crippen molar-refractivity contribution < 1.29 is 4.79 Å². The fraction of sp³-hybridized carbons (Fsp3) is 0.200. The molecule has 0 aliphatic rings. The lowest BCUT2D eigenvalue weighted by Crippen LogP contribution is -2.10. The van der Waals surface area contributed by atoms with Gasteiger partial charge in [-0.25, -0.2) is 4.98 Å². The summed E-state index contributed by atoms with van der Waals surface area (Å²) in [5.74, 6) is 0.735. The average molecular weight is 124 g/mol. The maximum atomic E-state index is 9.62. The Morgan fingerprint density at radius 3 is 3.33 bits per heavy atom. The summed E-state index contributed by atoms with van der Waals surface area (Å²) in [6, 6.07) is 0. The second-order valence-corrected chi connectivity index (χ2v) is 1.49. The minimum atomic E-state index is 0.413. The van der Waals surface area contributed by atoms with Crippen molar-refractivity contribution in [2.45, 2.75) is 6.54 Å². The summed E-state index contributed by atoms with van der Waals surface area (Å²) in [5, 5.41) is 2.35. The predicted octanol–water partition coefficient (Wildman–Crippen LogP) is -0.434. The smallest absolute Gasteiger partial charge is 0.309 e. The second-order valence-electron chi connectivity index (χ2n) is 1.49. The average Bonchev–Trinajstić information content (AvgIpc) is 2.34. The van der Waals surface area contributed by atoms with Crippen molar-refractivity contribution in [3.05, 3.63) is 18.2 Å². The third-order valence-corrected chi connectivity index (χ3v) is 0.883. The molecule has 0 unspecified atom stereocenters. The number of H-pyrrole nitrogens is 1. The third-order valence-electron chi connectivity index (χ3n) is 0.883. The first-order valence-electron chi connectivity index (χ1n) is 2.52. The molecule has 0 atom stereocenters. The Labute approximate surface area is 52.3 Å². The highest BCUT2D eigenvalue weighted by molar-refractivity contribution is 5.46. The Morgan fingerprint density at radius 2 is 2.78 bits per heavy atom. The van der Waals surface area contributed by atoms with Crippen molar-refractivity contribution in [3.8, 4) is 0 Å². The number of carbonyl (C=O) groups excluding carboxylic acids is 1. The van der Waals surface area contributed by atoms with E-state index in [2.05, 4.69) is 15.3 Å². The molecule has 1 aromatic rings. The molecule has 0 aliphatic carbocycles. The van der Waals surface area contributed by atoms with Gasteiger partial charge < -0.3 is 10.3 Å². The van der Waals surface area contributed by atoms with Gasteiger partial charge in [0, 0.05) is 12.4 Å². The number of hydrogen-bond donors (Lipinski definition) is 2. The van der Waals surface area contributed by atoms with Crippen LogP contribution in [0.4, 0.5) is 0 Å². The van der Waals surface area contributed by atoms with Gasteiger partial charge >= 0.3 is 6.41 Å². The van der Waals surface area contributed by atoms with Crippen LogP contribution in [0, 0.1) is 0 Å². The van der Waals surface area contributed by atoms with E-state index in [0.29, 0.717) is 6.54 Å². The largest absolute Gasteiger partial charge is 0.347 e. The van der Waals surface area contributed by atoms with Gasteiger partial charge in [-0.15, -0.1) is 0 Å². The lowest BCUT2D eigenvalue weighted by atomic mass is 10.6. The minimum Gasteiger partial charge on any atom is -0.347 e. The van der Waals surface area contributed by atoms with Crippen molar-refractivity contribution in [1.29, 1.82) is 0 Å². The Morgan fingerprint density at radius 1 is 1.89 bits per heavy atom. The van der Waals surface area contributed by atoms with Crippen molar-refractivity contribution in [1.82, 2.24) is 15.3 Å². The third kappa shape index (κ3) is 1.56. The number of nitrogens with zero attached hydrogens (tertiary/aromatic N) is 1. The lowest BCUT2D eigenvalue weighted by Gasteiger charge is -1.89. The molecule has 0 aliphatic heterocycles. The molecular weight excluding hydrogens is 118 g/mol. The summed E-state index contributed by atoms with van der Waals surface area (Å²) >= 11 is 0. The molecular formula is C5H6N3O. The Balaban J connectivity index is 2.38. The van der Waals surface area contributed by atoms with E-state index < -0.39 is 0 Å². The molecule has 0 saturated carbocycles. The molecule has 1 radical (unpaired) electrons. The molecule has 2 N–H and O–H groups in total. The summed E-state index contributed by atoms with van der Waals surface area (Å²) in [5.41, 5.74) is 0. The van der Waals surface area contributed by atoms with Crippen LogP contribution in [-0.4, -0.2) is 16.4 Å². The number of rotatable bonds is 3. The van der Waals surface area contributed by atoms with Crippen molar-refractivity contribution >= 4 is 6.41 Å². The van der Waals surface area contributed by atoms with Crippen LogP contribution in [0.15, 0.2) is 12.4 Å². The van der Waals surface area contributed by atoms with Gasteiger partial charge in [0.25, 0.3) is 0 Å². The van der Waals surface area contributed by atoms with Gasteiger partial charge in [0.05, 0.1) is 6.54 Å². The molecule has 1 rings (SSSR count). The first-order chi connectivity index (χ1) is 4.43. The zero-order valence-electron chi connectivity index (χ0n) is 4.72. The van der Waals surface area contributed by atoms with Gasteiger partial charge in [0.2, 0.25) is 0 Å². The molecule has 4 nitrogen and oxygen atoms in total. The SMILES string of the molecule is O=[C]NCc1ncc[nH]1. The highest BCUT2D eigenvalue weighted by atomic mass is 16.1. The van der Waals surface area contributed by atoms with Crippen molar-refractivity contribution in [2.75, 3.05) is 0 Å². The van der Waals surface area contributed by atoms with E-state index >= 15 is 0 Å². The fourth-order valence-corrected chi connectivity index (χ4v) is 0.514. The molecule has 0 spiro atoms. The van der Waals surface area contributed by atoms with E-state index in [4.69, 9.17) is 0 Å². The normalized spacial score (nSPS) is 8.89. The van der Waals surface area contributed by atoms with Crippen LogP contribution < -0.4 is 5.32 Å². The van der Waals surface area contributed by atoms with Crippen LogP contribution in [0.25, 0.3) is 0 Å². The van der Waals surface area contributed by atoms with E-state index in [1.54, 1.807) is 18.8 Å². The zero-order valence-corrected chi connectivity index (χ0v) is 4.72. The number of hydrogen-bond acceptors (Lipinski definition) is 2. The Bertz CT molecular complexity index is 170. The number of imidazole rings is 1. The second kappa shape index (κ2) is 2.86. The number of nitrogens with one attached hydrogen (secondary N) is 2. The maximum absolute atomic E-state index is 9.62. The first kappa shape index (κ1) is 5.81. The van der Waals surface area contributed by atoms with Gasteiger partial charge in [0.15, 0.2) is 0 Å². The molecule has 0 saturated heterocycles. The highest BCUT2D eigenvalue weighted by Gasteiger charge is 1.89. The summed E-state index contributed by atoms with van der Waals surface area (Å²) in [6.07, 6.45) is 4.87. The molecule has 4 heteroatoms. The van der Waals surface area contributed by atoms with Gasteiger partial charge in [-0.1, -0.05) is 0 Å². The number of amides is 1. The van der Waals surface area contributed by atoms with Crippen LogP contribution in [0.5, 0.6) is 0 Å². The van der Waals surface area contributed by atoms with Gasteiger partial charge in [-0.3, -0.25) is 4.79 Å². The molecule has 1 heterocycles.